The predicted molar refractivity (Wildman–Crippen MR) is 109 cm³/mol. The van der Waals surface area contributed by atoms with Crippen LogP contribution in [0, 0.1) is 11.8 Å². The monoisotopic (exact) mass is 414 g/mol. The van der Waals surface area contributed by atoms with Crippen molar-refractivity contribution in [3.05, 3.63) is 29.8 Å². The summed E-state index contributed by atoms with van der Waals surface area (Å²) >= 11 is 0. The summed E-state index contributed by atoms with van der Waals surface area (Å²) in [5.74, 6) is 1.45. The summed E-state index contributed by atoms with van der Waals surface area (Å²) < 4.78 is 17.7. The summed E-state index contributed by atoms with van der Waals surface area (Å²) in [4.78, 5) is 24.9. The molecule has 0 aromatic heterocycles. The number of carbonyl (C=O) groups is 2. The van der Waals surface area contributed by atoms with E-state index >= 15 is 0 Å². The van der Waals surface area contributed by atoms with Gasteiger partial charge in [0.25, 0.3) is 5.91 Å². The van der Waals surface area contributed by atoms with Crippen molar-refractivity contribution in [1.82, 2.24) is 10.6 Å². The van der Waals surface area contributed by atoms with Gasteiger partial charge in [-0.2, -0.15) is 0 Å². The number of hydrogen-bond donors (Lipinski definition) is 2. The second-order valence-electron chi connectivity index (χ2n) is 9.05. The Hall–Kier alpha value is -2.12. The van der Waals surface area contributed by atoms with Crippen LogP contribution < -0.4 is 15.4 Å². The van der Waals surface area contributed by atoms with Crippen LogP contribution in [0.25, 0.3) is 0 Å². The lowest BCUT2D eigenvalue weighted by Crippen LogP contribution is -2.47. The first-order valence-electron chi connectivity index (χ1n) is 11.2. The lowest BCUT2D eigenvalue weighted by atomic mass is 10.1. The highest BCUT2D eigenvalue weighted by Crippen LogP contribution is 2.32. The van der Waals surface area contributed by atoms with Gasteiger partial charge in [-0.1, -0.05) is 18.9 Å². The first-order chi connectivity index (χ1) is 14.7. The largest absolute Gasteiger partial charge is 0.493 e. The predicted octanol–water partition coefficient (Wildman–Crippen LogP) is 2.05. The Morgan fingerprint density at radius 2 is 1.67 bits per heavy atom. The van der Waals surface area contributed by atoms with E-state index in [4.69, 9.17) is 14.2 Å². The molecule has 2 aliphatic heterocycles. The molecule has 4 atom stereocenters. The summed E-state index contributed by atoms with van der Waals surface area (Å²) in [5.41, 5.74) is 0.568. The van der Waals surface area contributed by atoms with Crippen molar-refractivity contribution < 1.29 is 23.8 Å². The van der Waals surface area contributed by atoms with Crippen LogP contribution in [-0.4, -0.2) is 55.9 Å². The molecule has 0 bridgehead atoms. The highest BCUT2D eigenvalue weighted by Gasteiger charge is 2.49. The van der Waals surface area contributed by atoms with Crippen molar-refractivity contribution in [3.63, 3.8) is 0 Å². The van der Waals surface area contributed by atoms with Crippen LogP contribution in [0.1, 0.15) is 48.9 Å². The average Bonchev–Trinajstić information content (AvgIpc) is 3.15. The Bertz CT molecular complexity index is 790. The molecule has 162 valence electrons. The van der Waals surface area contributed by atoms with E-state index in [1.165, 1.54) is 25.7 Å². The second-order valence-corrected chi connectivity index (χ2v) is 9.05. The molecule has 1 aromatic carbocycles. The highest BCUT2D eigenvalue weighted by atomic mass is 16.6. The van der Waals surface area contributed by atoms with Crippen molar-refractivity contribution in [2.24, 2.45) is 11.8 Å². The second kappa shape index (κ2) is 8.55. The van der Waals surface area contributed by atoms with Crippen LogP contribution in [0.15, 0.2) is 24.3 Å². The van der Waals surface area contributed by atoms with Crippen molar-refractivity contribution in [3.8, 4) is 5.75 Å². The molecule has 4 fully saturated rings. The fourth-order valence-electron chi connectivity index (χ4n) is 4.76. The Morgan fingerprint density at radius 1 is 0.967 bits per heavy atom. The van der Waals surface area contributed by atoms with Gasteiger partial charge in [0.2, 0.25) is 5.91 Å². The van der Waals surface area contributed by atoms with Gasteiger partial charge in [0.1, 0.15) is 18.0 Å². The van der Waals surface area contributed by atoms with Gasteiger partial charge in [-0.15, -0.1) is 0 Å². The molecule has 30 heavy (non-hydrogen) atoms. The van der Waals surface area contributed by atoms with Crippen LogP contribution in [0.3, 0.4) is 0 Å². The van der Waals surface area contributed by atoms with Gasteiger partial charge >= 0.3 is 0 Å². The lowest BCUT2D eigenvalue weighted by molar-refractivity contribution is -0.123. The van der Waals surface area contributed by atoms with Crippen LogP contribution >= 0.6 is 0 Å². The molecule has 5 rings (SSSR count). The maximum Gasteiger partial charge on any atom is 0.251 e. The molecule has 2 aliphatic carbocycles. The van der Waals surface area contributed by atoms with Crippen molar-refractivity contribution >= 4 is 11.8 Å². The fraction of sp³-hybridized carbons (Fsp3) is 0.652. The van der Waals surface area contributed by atoms with E-state index < -0.39 is 0 Å². The molecule has 2 saturated carbocycles. The minimum absolute atomic E-state index is 0.0924. The van der Waals surface area contributed by atoms with E-state index in [1.807, 2.05) is 12.1 Å². The third-order valence-electron chi connectivity index (χ3n) is 6.70. The number of rotatable bonds is 7. The first kappa shape index (κ1) is 19.8. The molecule has 0 spiro atoms. The van der Waals surface area contributed by atoms with Crippen LogP contribution in [0.4, 0.5) is 0 Å². The number of hydrogen-bond acceptors (Lipinski definition) is 5. The average molecular weight is 415 g/mol. The van der Waals surface area contributed by atoms with Crippen molar-refractivity contribution in [1.29, 1.82) is 0 Å². The molecule has 2 saturated heterocycles. The smallest absolute Gasteiger partial charge is 0.251 e. The topological polar surface area (TPSA) is 85.9 Å². The van der Waals surface area contributed by atoms with E-state index in [0.29, 0.717) is 31.3 Å². The molecule has 4 aliphatic rings. The quantitative estimate of drug-likeness (QED) is 0.713. The minimum atomic E-state index is -0.236. The summed E-state index contributed by atoms with van der Waals surface area (Å²) in [6, 6.07) is 6.96. The zero-order valence-corrected chi connectivity index (χ0v) is 17.2. The van der Waals surface area contributed by atoms with E-state index in [1.54, 1.807) is 12.1 Å². The van der Waals surface area contributed by atoms with Crippen LogP contribution in [0.2, 0.25) is 0 Å². The Morgan fingerprint density at radius 3 is 2.37 bits per heavy atom. The zero-order valence-electron chi connectivity index (χ0n) is 17.2. The van der Waals surface area contributed by atoms with E-state index in [2.05, 4.69) is 10.6 Å². The molecule has 0 unspecified atom stereocenters. The maximum absolute atomic E-state index is 12.8. The number of benzene rings is 1. The Labute approximate surface area is 176 Å². The normalized spacial score (nSPS) is 30.8. The molecule has 7 nitrogen and oxygen atoms in total. The summed E-state index contributed by atoms with van der Waals surface area (Å²) in [5, 5.41) is 6.09. The first-order valence-corrected chi connectivity index (χ1v) is 11.2. The van der Waals surface area contributed by atoms with Gasteiger partial charge in [-0.25, -0.2) is 0 Å². The molecule has 0 radical (unpaired) electrons. The third kappa shape index (κ3) is 4.32. The number of ether oxygens (including phenoxy) is 3. The third-order valence-corrected chi connectivity index (χ3v) is 6.70. The van der Waals surface area contributed by atoms with Gasteiger partial charge < -0.3 is 24.8 Å². The van der Waals surface area contributed by atoms with Gasteiger partial charge in [-0.05, 0) is 49.8 Å². The van der Waals surface area contributed by atoms with E-state index in [-0.39, 0.29) is 42.0 Å². The molecule has 7 heteroatoms. The molecular formula is C23H30N2O5. The Balaban J connectivity index is 1.15. The molecule has 2 amide bonds. The van der Waals surface area contributed by atoms with E-state index in [9.17, 15) is 9.59 Å². The van der Waals surface area contributed by atoms with Gasteiger partial charge in [0.05, 0.1) is 31.9 Å². The fourth-order valence-corrected chi connectivity index (χ4v) is 4.76. The number of carbonyl (C=O) groups excluding carboxylic acids is 2. The minimum Gasteiger partial charge on any atom is -0.493 e. The SMILES string of the molecule is O=C(N[C@H]1CO[C@H]2[C@@H]1OC[C@@H]2NC(=O)C1CC1)c1cccc(OCC2CCCC2)c1. The van der Waals surface area contributed by atoms with Crippen LogP contribution in [-0.2, 0) is 14.3 Å². The summed E-state index contributed by atoms with van der Waals surface area (Å²) in [7, 11) is 0. The van der Waals surface area contributed by atoms with Gasteiger partial charge in [-0.3, -0.25) is 9.59 Å². The highest BCUT2D eigenvalue weighted by molar-refractivity contribution is 5.94. The van der Waals surface area contributed by atoms with Crippen LogP contribution in [0.5, 0.6) is 5.75 Å². The molecular weight excluding hydrogens is 384 g/mol. The lowest BCUT2D eigenvalue weighted by Gasteiger charge is -2.18. The molecule has 2 heterocycles. The summed E-state index contributed by atoms with van der Waals surface area (Å²) in [6.45, 7) is 1.52. The maximum atomic E-state index is 12.8. The Kier molecular flexibility index (Phi) is 5.65. The zero-order chi connectivity index (χ0) is 20.5. The standard InChI is InChI=1S/C23H30N2O5/c26-22(15-8-9-15)24-18-12-29-21-19(13-30-20(18)21)25-23(27)16-6-3-7-17(10-16)28-11-14-4-1-2-5-14/h3,6-7,10,14-15,18-21H,1-2,4-5,8-9,11-13H2,(H,24,26)(H,25,27)/t18-,19-,20+,21+/m0/s1. The van der Waals surface area contributed by atoms with Gasteiger partial charge in [0, 0.05) is 11.5 Å². The summed E-state index contributed by atoms with van der Waals surface area (Å²) in [6.07, 6.45) is 6.52. The molecule has 2 N–H and O–H groups in total. The number of nitrogens with one attached hydrogen (secondary N) is 2. The molecule has 1 aromatic rings. The van der Waals surface area contributed by atoms with Gasteiger partial charge in [0.15, 0.2) is 0 Å². The number of fused-ring (bicyclic) bond motifs is 1. The number of amides is 2. The van der Waals surface area contributed by atoms with Crippen molar-refractivity contribution in [2.75, 3.05) is 19.8 Å². The van der Waals surface area contributed by atoms with E-state index in [0.717, 1.165) is 18.6 Å². The van der Waals surface area contributed by atoms with Crippen molar-refractivity contribution in [2.45, 2.75) is 62.8 Å².